The molecule has 0 amide bonds. The van der Waals surface area contributed by atoms with Crippen LogP contribution in [0.4, 0.5) is 0 Å². The number of aliphatic hydroxyl groups is 1. The van der Waals surface area contributed by atoms with Gasteiger partial charge in [-0.05, 0) is 83.5 Å². The summed E-state index contributed by atoms with van der Waals surface area (Å²) in [4.78, 5) is 0. The SMILES string of the molecule is C=CCC(O)C(C1=CCCCC1)(C1=CCCCC1)C1=CCCCC1. The van der Waals surface area contributed by atoms with Crippen LogP contribution in [0.15, 0.2) is 47.6 Å². The smallest absolute Gasteiger partial charge is 0.0742 e. The zero-order valence-corrected chi connectivity index (χ0v) is 15.2. The summed E-state index contributed by atoms with van der Waals surface area (Å²) in [7, 11) is 0. The Morgan fingerprint density at radius 2 is 1.25 bits per heavy atom. The lowest BCUT2D eigenvalue weighted by Crippen LogP contribution is -2.42. The molecule has 3 aliphatic carbocycles. The Bertz CT molecular complexity index is 470. The van der Waals surface area contributed by atoms with Gasteiger partial charge in [0.25, 0.3) is 0 Å². The quantitative estimate of drug-likeness (QED) is 0.559. The molecule has 0 fully saturated rings. The van der Waals surface area contributed by atoms with Crippen molar-refractivity contribution in [2.75, 3.05) is 0 Å². The van der Waals surface area contributed by atoms with Crippen molar-refractivity contribution < 1.29 is 5.11 Å². The lowest BCUT2D eigenvalue weighted by atomic mass is 9.58. The number of hydrogen-bond donors (Lipinski definition) is 1. The Labute approximate surface area is 148 Å². The molecule has 0 heterocycles. The van der Waals surface area contributed by atoms with E-state index in [1.807, 2.05) is 6.08 Å². The molecule has 0 bridgehead atoms. The van der Waals surface area contributed by atoms with Crippen molar-refractivity contribution in [3.8, 4) is 0 Å². The maximum atomic E-state index is 11.4. The molecule has 132 valence electrons. The van der Waals surface area contributed by atoms with E-state index in [1.54, 1.807) is 0 Å². The predicted octanol–water partition coefficient (Wildman–Crippen LogP) is 6.41. The predicted molar refractivity (Wildman–Crippen MR) is 103 cm³/mol. The van der Waals surface area contributed by atoms with Gasteiger partial charge in [0.1, 0.15) is 0 Å². The minimum absolute atomic E-state index is 0.213. The molecule has 0 spiro atoms. The highest BCUT2D eigenvalue weighted by molar-refractivity contribution is 5.45. The van der Waals surface area contributed by atoms with Crippen LogP contribution in [0.1, 0.15) is 83.5 Å². The molecule has 0 saturated carbocycles. The third kappa shape index (κ3) is 3.33. The third-order valence-corrected chi connectivity index (χ3v) is 6.28. The Morgan fingerprint density at radius 3 is 1.54 bits per heavy atom. The summed E-state index contributed by atoms with van der Waals surface area (Å²) in [5.41, 5.74) is 4.34. The largest absolute Gasteiger partial charge is 0.391 e. The molecule has 1 nitrogen and oxygen atoms in total. The average molecular weight is 327 g/mol. The molecular formula is C23H34O. The number of aliphatic hydroxyl groups excluding tert-OH is 1. The van der Waals surface area contributed by atoms with Crippen LogP contribution in [0.3, 0.4) is 0 Å². The molecule has 1 N–H and O–H groups in total. The molecule has 1 heteroatoms. The molecule has 0 aromatic carbocycles. The van der Waals surface area contributed by atoms with Gasteiger partial charge in [-0.2, -0.15) is 0 Å². The molecule has 0 saturated heterocycles. The van der Waals surface area contributed by atoms with Gasteiger partial charge < -0.3 is 5.11 Å². The van der Waals surface area contributed by atoms with Crippen molar-refractivity contribution >= 4 is 0 Å². The number of allylic oxidation sites excluding steroid dienone is 3. The maximum Gasteiger partial charge on any atom is 0.0742 e. The fourth-order valence-corrected chi connectivity index (χ4v) is 5.18. The molecule has 3 aliphatic rings. The van der Waals surface area contributed by atoms with Crippen molar-refractivity contribution in [3.05, 3.63) is 47.6 Å². The number of hydrogen-bond acceptors (Lipinski definition) is 1. The zero-order chi connectivity index (χ0) is 16.8. The van der Waals surface area contributed by atoms with E-state index in [0.717, 1.165) is 19.3 Å². The Hall–Kier alpha value is -1.08. The van der Waals surface area contributed by atoms with Crippen LogP contribution in [0.25, 0.3) is 0 Å². The van der Waals surface area contributed by atoms with E-state index < -0.39 is 0 Å². The van der Waals surface area contributed by atoms with Crippen LogP contribution in [-0.4, -0.2) is 11.2 Å². The molecule has 1 unspecified atom stereocenters. The first-order valence-corrected chi connectivity index (χ1v) is 10.2. The van der Waals surface area contributed by atoms with E-state index in [9.17, 15) is 5.11 Å². The van der Waals surface area contributed by atoms with Gasteiger partial charge in [0.05, 0.1) is 11.5 Å². The second kappa shape index (κ2) is 8.34. The Kier molecular flexibility index (Phi) is 6.16. The van der Waals surface area contributed by atoms with E-state index in [2.05, 4.69) is 24.8 Å². The second-order valence-corrected chi connectivity index (χ2v) is 7.77. The lowest BCUT2D eigenvalue weighted by Gasteiger charge is -2.47. The first kappa shape index (κ1) is 17.7. The van der Waals surface area contributed by atoms with Crippen molar-refractivity contribution in [3.63, 3.8) is 0 Å². The molecular weight excluding hydrogens is 292 g/mol. The fourth-order valence-electron chi connectivity index (χ4n) is 5.18. The summed E-state index contributed by atoms with van der Waals surface area (Å²) in [6.45, 7) is 3.93. The van der Waals surface area contributed by atoms with Crippen molar-refractivity contribution in [2.24, 2.45) is 5.41 Å². The summed E-state index contributed by atoms with van der Waals surface area (Å²) in [6, 6.07) is 0. The van der Waals surface area contributed by atoms with Gasteiger partial charge in [0.2, 0.25) is 0 Å². The van der Waals surface area contributed by atoms with E-state index in [1.165, 1.54) is 74.5 Å². The van der Waals surface area contributed by atoms with Crippen molar-refractivity contribution in [1.82, 2.24) is 0 Å². The van der Waals surface area contributed by atoms with Crippen LogP contribution in [-0.2, 0) is 0 Å². The summed E-state index contributed by atoms with van der Waals surface area (Å²) in [6.07, 6.45) is 24.4. The van der Waals surface area contributed by atoms with Crippen LogP contribution < -0.4 is 0 Å². The van der Waals surface area contributed by atoms with Crippen LogP contribution in [0, 0.1) is 5.41 Å². The fraction of sp³-hybridized carbons (Fsp3) is 0.652. The monoisotopic (exact) mass is 326 g/mol. The van der Waals surface area contributed by atoms with E-state index in [-0.39, 0.29) is 11.5 Å². The summed E-state index contributed by atoms with van der Waals surface area (Å²) >= 11 is 0. The molecule has 24 heavy (non-hydrogen) atoms. The number of rotatable bonds is 6. The Balaban J connectivity index is 2.14. The van der Waals surface area contributed by atoms with Gasteiger partial charge in [-0.1, -0.05) is 41.0 Å². The standard InChI is InChI=1S/C23H34O/c1-2-12-22(24)23(19-13-6-3-7-14-19,20-15-8-4-9-16-20)21-17-10-5-11-18-21/h2,13,15,17,22,24H,1,3-12,14,16,18H2. The van der Waals surface area contributed by atoms with Gasteiger partial charge in [0.15, 0.2) is 0 Å². The van der Waals surface area contributed by atoms with Crippen LogP contribution >= 0.6 is 0 Å². The molecule has 3 rings (SSSR count). The van der Waals surface area contributed by atoms with Crippen molar-refractivity contribution in [2.45, 2.75) is 89.6 Å². The van der Waals surface area contributed by atoms with E-state index in [0.29, 0.717) is 6.42 Å². The molecule has 0 aromatic rings. The lowest BCUT2D eigenvalue weighted by molar-refractivity contribution is 0.0887. The average Bonchev–Trinajstić information content (AvgIpc) is 2.65. The van der Waals surface area contributed by atoms with E-state index in [4.69, 9.17) is 0 Å². The highest BCUT2D eigenvalue weighted by Gasteiger charge is 2.46. The molecule has 1 atom stereocenters. The van der Waals surface area contributed by atoms with Gasteiger partial charge >= 0.3 is 0 Å². The van der Waals surface area contributed by atoms with Gasteiger partial charge in [-0.25, -0.2) is 0 Å². The van der Waals surface area contributed by atoms with Gasteiger partial charge in [-0.3, -0.25) is 0 Å². The minimum atomic E-state index is -0.354. The summed E-state index contributed by atoms with van der Waals surface area (Å²) in [5, 5.41) is 11.4. The van der Waals surface area contributed by atoms with Crippen LogP contribution in [0.2, 0.25) is 0 Å². The minimum Gasteiger partial charge on any atom is -0.391 e. The highest BCUT2D eigenvalue weighted by Crippen LogP contribution is 2.54. The highest BCUT2D eigenvalue weighted by atomic mass is 16.3. The second-order valence-electron chi connectivity index (χ2n) is 7.77. The summed E-state index contributed by atoms with van der Waals surface area (Å²) in [5.74, 6) is 0. The molecule has 0 aromatic heterocycles. The van der Waals surface area contributed by atoms with Crippen LogP contribution in [0.5, 0.6) is 0 Å². The van der Waals surface area contributed by atoms with Crippen molar-refractivity contribution in [1.29, 1.82) is 0 Å². The third-order valence-electron chi connectivity index (χ3n) is 6.28. The topological polar surface area (TPSA) is 20.2 Å². The van der Waals surface area contributed by atoms with Gasteiger partial charge in [0, 0.05) is 0 Å². The first-order chi connectivity index (χ1) is 11.8. The molecule has 0 radical (unpaired) electrons. The van der Waals surface area contributed by atoms with Gasteiger partial charge in [-0.15, -0.1) is 6.58 Å². The normalized spacial score (nSPS) is 23.8. The Morgan fingerprint density at radius 1 is 0.833 bits per heavy atom. The van der Waals surface area contributed by atoms with E-state index >= 15 is 0 Å². The zero-order valence-electron chi connectivity index (χ0n) is 15.2. The maximum absolute atomic E-state index is 11.4. The first-order valence-electron chi connectivity index (χ1n) is 10.2. The summed E-state index contributed by atoms with van der Waals surface area (Å²) < 4.78 is 0. The molecule has 0 aliphatic heterocycles.